The van der Waals surface area contributed by atoms with Gasteiger partial charge in [-0.05, 0) is 17.7 Å². The Balaban J connectivity index is 2.62. The van der Waals surface area contributed by atoms with E-state index in [9.17, 15) is 4.79 Å². The van der Waals surface area contributed by atoms with Crippen LogP contribution >= 0.6 is 11.8 Å². The lowest BCUT2D eigenvalue weighted by Crippen LogP contribution is -2.24. The molecule has 1 unspecified atom stereocenters. The Morgan fingerprint density at radius 2 is 2.00 bits per heavy atom. The van der Waals surface area contributed by atoms with Gasteiger partial charge in [0.25, 0.3) is 0 Å². The Labute approximate surface area is 112 Å². The average molecular weight is 268 g/mol. The normalized spacial score (nSPS) is 12.0. The Hall–Kier alpha value is -1.20. The van der Waals surface area contributed by atoms with E-state index in [1.807, 2.05) is 24.3 Å². The van der Waals surface area contributed by atoms with Crippen molar-refractivity contribution in [1.82, 2.24) is 4.90 Å². The number of hydrogen-bond acceptors (Lipinski definition) is 4. The summed E-state index contributed by atoms with van der Waals surface area (Å²) in [5.74, 6) is 1.37. The molecule has 18 heavy (non-hydrogen) atoms. The zero-order chi connectivity index (χ0) is 13.5. The van der Waals surface area contributed by atoms with Crippen LogP contribution in [0.15, 0.2) is 24.3 Å². The van der Waals surface area contributed by atoms with Crippen molar-refractivity contribution in [2.24, 2.45) is 5.73 Å². The third kappa shape index (κ3) is 4.23. The topological polar surface area (TPSA) is 55.6 Å². The van der Waals surface area contributed by atoms with Gasteiger partial charge in [-0.25, -0.2) is 0 Å². The third-order valence-electron chi connectivity index (χ3n) is 2.61. The first-order valence-corrected chi connectivity index (χ1v) is 6.79. The number of benzene rings is 1. The van der Waals surface area contributed by atoms with Gasteiger partial charge in [0.2, 0.25) is 5.91 Å². The summed E-state index contributed by atoms with van der Waals surface area (Å²) in [6, 6.07) is 7.80. The number of thioether (sulfide) groups is 1. The molecule has 0 aliphatic rings. The van der Waals surface area contributed by atoms with Crippen LogP contribution in [-0.2, 0) is 4.79 Å². The molecule has 0 saturated carbocycles. The first-order valence-electron chi connectivity index (χ1n) is 5.74. The zero-order valence-electron chi connectivity index (χ0n) is 11.1. The lowest BCUT2D eigenvalue weighted by atomic mass is 10.1. The van der Waals surface area contributed by atoms with E-state index in [0.29, 0.717) is 12.3 Å². The number of carbonyl (C=O) groups excluding carboxylic acids is 1. The molecule has 1 atom stereocenters. The molecule has 0 spiro atoms. The molecule has 1 amide bonds. The van der Waals surface area contributed by atoms with Gasteiger partial charge in [0.05, 0.1) is 12.9 Å². The summed E-state index contributed by atoms with van der Waals surface area (Å²) in [5.41, 5.74) is 6.88. The molecule has 1 aromatic rings. The highest BCUT2D eigenvalue weighted by Gasteiger charge is 2.13. The van der Waals surface area contributed by atoms with Crippen molar-refractivity contribution >= 4 is 17.7 Å². The van der Waals surface area contributed by atoms with Crippen molar-refractivity contribution in [3.05, 3.63) is 29.8 Å². The quantitative estimate of drug-likeness (QED) is 0.850. The second kappa shape index (κ2) is 7.28. The van der Waals surface area contributed by atoms with Crippen LogP contribution in [0.1, 0.15) is 10.8 Å². The number of carbonyl (C=O) groups is 1. The molecule has 0 saturated heterocycles. The number of ether oxygens (including phenoxy) is 1. The standard InChI is InChI=1S/C13H20N2O2S/c1-15(2)13(16)9-18-12(8-14)10-4-6-11(17-3)7-5-10/h4-7,12H,8-9,14H2,1-3H3. The smallest absolute Gasteiger partial charge is 0.232 e. The van der Waals surface area contributed by atoms with Crippen molar-refractivity contribution in [2.75, 3.05) is 33.5 Å². The van der Waals surface area contributed by atoms with Crippen LogP contribution in [-0.4, -0.2) is 44.3 Å². The molecule has 0 aliphatic carbocycles. The summed E-state index contributed by atoms with van der Waals surface area (Å²) < 4.78 is 5.11. The Morgan fingerprint density at radius 3 is 2.44 bits per heavy atom. The molecule has 0 aromatic heterocycles. The molecular weight excluding hydrogens is 248 g/mol. The Bertz CT molecular complexity index is 379. The summed E-state index contributed by atoms with van der Waals surface area (Å²) in [5, 5.41) is 0.139. The largest absolute Gasteiger partial charge is 0.497 e. The maximum atomic E-state index is 11.5. The van der Waals surface area contributed by atoms with Crippen LogP contribution in [0.25, 0.3) is 0 Å². The molecule has 4 nitrogen and oxygen atoms in total. The molecule has 1 rings (SSSR count). The van der Waals surface area contributed by atoms with Gasteiger partial charge < -0.3 is 15.4 Å². The van der Waals surface area contributed by atoms with Gasteiger partial charge in [-0.1, -0.05) is 12.1 Å². The van der Waals surface area contributed by atoms with Crippen LogP contribution in [0.4, 0.5) is 0 Å². The fraction of sp³-hybridized carbons (Fsp3) is 0.462. The van der Waals surface area contributed by atoms with E-state index in [4.69, 9.17) is 10.5 Å². The summed E-state index contributed by atoms with van der Waals surface area (Å²) in [4.78, 5) is 13.1. The second-order valence-corrected chi connectivity index (χ2v) is 5.29. The first-order chi connectivity index (χ1) is 8.58. The number of methoxy groups -OCH3 is 1. The molecular formula is C13H20N2O2S. The number of hydrogen-bond donors (Lipinski definition) is 1. The van der Waals surface area contributed by atoms with Crippen molar-refractivity contribution in [3.8, 4) is 5.75 Å². The van der Waals surface area contributed by atoms with E-state index in [1.54, 1.807) is 37.9 Å². The summed E-state index contributed by atoms with van der Waals surface area (Å²) in [6.45, 7) is 0.512. The fourth-order valence-electron chi connectivity index (χ4n) is 1.42. The summed E-state index contributed by atoms with van der Waals surface area (Å²) in [7, 11) is 5.15. The van der Waals surface area contributed by atoms with E-state index in [0.717, 1.165) is 11.3 Å². The maximum Gasteiger partial charge on any atom is 0.232 e. The highest BCUT2D eigenvalue weighted by atomic mass is 32.2. The Kier molecular flexibility index (Phi) is 6.01. The van der Waals surface area contributed by atoms with Gasteiger partial charge in [0.15, 0.2) is 0 Å². The van der Waals surface area contributed by atoms with Gasteiger partial charge in [-0.15, -0.1) is 11.8 Å². The summed E-state index contributed by atoms with van der Waals surface area (Å²) in [6.07, 6.45) is 0. The van der Waals surface area contributed by atoms with E-state index >= 15 is 0 Å². The SMILES string of the molecule is COc1ccc(C(CN)SCC(=O)N(C)C)cc1. The molecule has 2 N–H and O–H groups in total. The van der Waals surface area contributed by atoms with Crippen LogP contribution in [0, 0.1) is 0 Å². The van der Waals surface area contributed by atoms with E-state index in [-0.39, 0.29) is 11.2 Å². The van der Waals surface area contributed by atoms with Gasteiger partial charge in [0.1, 0.15) is 5.75 Å². The number of rotatable bonds is 6. The molecule has 0 heterocycles. The second-order valence-electron chi connectivity index (χ2n) is 4.10. The average Bonchev–Trinajstić information content (AvgIpc) is 2.39. The monoisotopic (exact) mass is 268 g/mol. The lowest BCUT2D eigenvalue weighted by Gasteiger charge is -2.16. The van der Waals surface area contributed by atoms with Gasteiger partial charge in [-0.2, -0.15) is 0 Å². The minimum atomic E-state index is 0.104. The molecule has 0 fully saturated rings. The maximum absolute atomic E-state index is 11.5. The molecule has 0 radical (unpaired) electrons. The fourth-order valence-corrected chi connectivity index (χ4v) is 2.51. The predicted molar refractivity (Wildman–Crippen MR) is 75.9 cm³/mol. The van der Waals surface area contributed by atoms with Crippen molar-refractivity contribution in [3.63, 3.8) is 0 Å². The van der Waals surface area contributed by atoms with E-state index in [2.05, 4.69) is 0 Å². The van der Waals surface area contributed by atoms with Crippen LogP contribution in [0.2, 0.25) is 0 Å². The van der Waals surface area contributed by atoms with Crippen molar-refractivity contribution in [2.45, 2.75) is 5.25 Å². The van der Waals surface area contributed by atoms with Crippen molar-refractivity contribution in [1.29, 1.82) is 0 Å². The third-order valence-corrected chi connectivity index (χ3v) is 3.89. The zero-order valence-corrected chi connectivity index (χ0v) is 11.9. The number of nitrogens with two attached hydrogens (primary N) is 1. The highest BCUT2D eigenvalue weighted by molar-refractivity contribution is 8.00. The van der Waals surface area contributed by atoms with Gasteiger partial charge in [0, 0.05) is 25.9 Å². The van der Waals surface area contributed by atoms with Crippen LogP contribution in [0.3, 0.4) is 0 Å². The van der Waals surface area contributed by atoms with Gasteiger partial charge >= 0.3 is 0 Å². The van der Waals surface area contributed by atoms with E-state index in [1.165, 1.54) is 0 Å². The minimum Gasteiger partial charge on any atom is -0.497 e. The van der Waals surface area contributed by atoms with Crippen molar-refractivity contribution < 1.29 is 9.53 Å². The number of nitrogens with zero attached hydrogens (tertiary/aromatic N) is 1. The van der Waals surface area contributed by atoms with Crippen LogP contribution in [0.5, 0.6) is 5.75 Å². The van der Waals surface area contributed by atoms with Crippen LogP contribution < -0.4 is 10.5 Å². The minimum absolute atomic E-state index is 0.104. The molecule has 5 heteroatoms. The molecule has 0 bridgehead atoms. The summed E-state index contributed by atoms with van der Waals surface area (Å²) >= 11 is 1.57. The highest BCUT2D eigenvalue weighted by Crippen LogP contribution is 2.29. The number of amides is 1. The lowest BCUT2D eigenvalue weighted by molar-refractivity contribution is -0.125. The van der Waals surface area contributed by atoms with E-state index < -0.39 is 0 Å². The first kappa shape index (κ1) is 14.9. The van der Waals surface area contributed by atoms with Gasteiger partial charge in [-0.3, -0.25) is 4.79 Å². The predicted octanol–water partition coefficient (Wildman–Crippen LogP) is 1.52. The molecule has 1 aromatic carbocycles. The molecule has 0 aliphatic heterocycles. The Morgan fingerprint density at radius 1 is 1.39 bits per heavy atom. The molecule has 100 valence electrons.